The van der Waals surface area contributed by atoms with Crippen LogP contribution in [0.2, 0.25) is 5.02 Å². The van der Waals surface area contributed by atoms with Crippen LogP contribution in [0.1, 0.15) is 35.6 Å². The van der Waals surface area contributed by atoms with Crippen LogP contribution < -0.4 is 5.73 Å². The third-order valence-corrected chi connectivity index (χ3v) is 3.40. The Morgan fingerprint density at radius 2 is 2.06 bits per heavy atom. The van der Waals surface area contributed by atoms with Gasteiger partial charge in [0, 0.05) is 11.4 Å². The number of benzene rings is 1. The van der Waals surface area contributed by atoms with Crippen LogP contribution in [0.5, 0.6) is 0 Å². The lowest BCUT2D eigenvalue weighted by molar-refractivity contribution is 0.434. The molecule has 0 amide bonds. The van der Waals surface area contributed by atoms with Crippen molar-refractivity contribution >= 4 is 11.6 Å². The van der Waals surface area contributed by atoms with Crippen molar-refractivity contribution in [3.05, 3.63) is 58.0 Å². The summed E-state index contributed by atoms with van der Waals surface area (Å²) in [7, 11) is 0. The molecule has 0 saturated carbocycles. The predicted octanol–water partition coefficient (Wildman–Crippen LogP) is 4.05. The summed E-state index contributed by atoms with van der Waals surface area (Å²) in [6.07, 6.45) is 1.58. The molecule has 2 N–H and O–H groups in total. The highest BCUT2D eigenvalue weighted by atomic mass is 35.5. The summed E-state index contributed by atoms with van der Waals surface area (Å²) >= 11 is 6.21. The molecule has 3 heteroatoms. The largest absolute Gasteiger partial charge is 0.464 e. The fraction of sp³-hybridized carbons (Fsp3) is 0.333. The predicted molar refractivity (Wildman–Crippen MR) is 74.9 cm³/mol. The van der Waals surface area contributed by atoms with E-state index in [4.69, 9.17) is 21.8 Å². The van der Waals surface area contributed by atoms with Gasteiger partial charge in [-0.3, -0.25) is 0 Å². The second-order valence-corrected chi connectivity index (χ2v) is 4.97. The van der Waals surface area contributed by atoms with E-state index in [2.05, 4.69) is 6.92 Å². The first-order chi connectivity index (χ1) is 8.60. The Kier molecular flexibility index (Phi) is 4.10. The molecule has 2 rings (SSSR count). The number of hydrogen-bond donors (Lipinski definition) is 1. The van der Waals surface area contributed by atoms with Gasteiger partial charge in [-0.1, -0.05) is 30.7 Å². The molecular formula is C15H18ClNO. The fourth-order valence-electron chi connectivity index (χ4n) is 1.94. The smallest absolute Gasteiger partial charge is 0.121 e. The first-order valence-electron chi connectivity index (χ1n) is 6.19. The third kappa shape index (κ3) is 2.95. The van der Waals surface area contributed by atoms with E-state index in [9.17, 15) is 0 Å². The van der Waals surface area contributed by atoms with Crippen LogP contribution in [0, 0.1) is 6.92 Å². The Labute approximate surface area is 113 Å². The summed E-state index contributed by atoms with van der Waals surface area (Å²) in [6.45, 7) is 4.08. The van der Waals surface area contributed by atoms with E-state index in [1.54, 1.807) is 0 Å². The molecule has 0 aliphatic carbocycles. The fourth-order valence-corrected chi connectivity index (χ4v) is 2.25. The van der Waals surface area contributed by atoms with Crippen molar-refractivity contribution in [3.63, 3.8) is 0 Å². The molecule has 0 spiro atoms. The second-order valence-electron chi connectivity index (χ2n) is 4.56. The van der Waals surface area contributed by atoms with Gasteiger partial charge in [0.1, 0.15) is 11.5 Å². The Bertz CT molecular complexity index is 533. The normalized spacial score (nSPS) is 12.7. The molecule has 1 heterocycles. The summed E-state index contributed by atoms with van der Waals surface area (Å²) in [5.41, 5.74) is 8.37. The van der Waals surface area contributed by atoms with Gasteiger partial charge in [-0.15, -0.1) is 0 Å². The number of hydrogen-bond acceptors (Lipinski definition) is 2. The monoisotopic (exact) mass is 263 g/mol. The van der Waals surface area contributed by atoms with Crippen molar-refractivity contribution in [3.8, 4) is 0 Å². The van der Waals surface area contributed by atoms with Crippen molar-refractivity contribution < 1.29 is 4.42 Å². The topological polar surface area (TPSA) is 39.2 Å². The molecule has 1 aromatic carbocycles. The minimum absolute atomic E-state index is 0.148. The maximum atomic E-state index is 6.21. The molecule has 1 unspecified atom stereocenters. The molecule has 0 saturated heterocycles. The zero-order chi connectivity index (χ0) is 13.1. The number of furan rings is 1. The standard InChI is InChI=1S/C15H18ClNO/c1-3-12-6-7-15(18-12)14(17)9-11-5-4-10(2)8-13(11)16/h4-8,14H,3,9,17H2,1-2H3. The van der Waals surface area contributed by atoms with Gasteiger partial charge in [0.2, 0.25) is 0 Å². The van der Waals surface area contributed by atoms with Crippen molar-refractivity contribution in [1.82, 2.24) is 0 Å². The van der Waals surface area contributed by atoms with Crippen molar-refractivity contribution in [2.45, 2.75) is 32.7 Å². The lowest BCUT2D eigenvalue weighted by atomic mass is 10.0. The molecule has 0 aliphatic rings. The van der Waals surface area contributed by atoms with E-state index in [-0.39, 0.29) is 6.04 Å². The lowest BCUT2D eigenvalue weighted by Crippen LogP contribution is -2.12. The molecular weight excluding hydrogens is 246 g/mol. The van der Waals surface area contributed by atoms with Gasteiger partial charge in [0.05, 0.1) is 6.04 Å². The van der Waals surface area contributed by atoms with E-state index in [1.165, 1.54) is 0 Å². The van der Waals surface area contributed by atoms with Gasteiger partial charge in [0.15, 0.2) is 0 Å². The number of nitrogens with two attached hydrogens (primary N) is 1. The van der Waals surface area contributed by atoms with E-state index in [0.717, 1.165) is 34.1 Å². The van der Waals surface area contributed by atoms with E-state index < -0.39 is 0 Å². The van der Waals surface area contributed by atoms with Crippen LogP contribution in [-0.2, 0) is 12.8 Å². The molecule has 1 aromatic heterocycles. The Hall–Kier alpha value is -1.25. The van der Waals surface area contributed by atoms with Crippen molar-refractivity contribution in [2.75, 3.05) is 0 Å². The molecule has 2 aromatic rings. The van der Waals surface area contributed by atoms with Gasteiger partial charge >= 0.3 is 0 Å². The zero-order valence-corrected chi connectivity index (χ0v) is 11.5. The number of rotatable bonds is 4. The summed E-state index contributed by atoms with van der Waals surface area (Å²) in [6, 6.07) is 9.82. The van der Waals surface area contributed by atoms with Gasteiger partial charge in [-0.05, 0) is 42.7 Å². The summed E-state index contributed by atoms with van der Waals surface area (Å²) in [4.78, 5) is 0. The van der Waals surface area contributed by atoms with Gasteiger partial charge in [-0.25, -0.2) is 0 Å². The minimum atomic E-state index is -0.148. The quantitative estimate of drug-likeness (QED) is 0.904. The summed E-state index contributed by atoms with van der Waals surface area (Å²) in [5.74, 6) is 1.79. The maximum absolute atomic E-state index is 6.21. The van der Waals surface area contributed by atoms with Crippen molar-refractivity contribution in [1.29, 1.82) is 0 Å². The van der Waals surface area contributed by atoms with E-state index in [0.29, 0.717) is 6.42 Å². The highest BCUT2D eigenvalue weighted by molar-refractivity contribution is 6.31. The Morgan fingerprint density at radius 3 is 2.67 bits per heavy atom. The van der Waals surface area contributed by atoms with Gasteiger partial charge in [-0.2, -0.15) is 0 Å². The van der Waals surface area contributed by atoms with Crippen LogP contribution in [0.15, 0.2) is 34.7 Å². The average molecular weight is 264 g/mol. The van der Waals surface area contributed by atoms with Crippen LogP contribution in [0.25, 0.3) is 0 Å². The molecule has 0 radical (unpaired) electrons. The number of aryl methyl sites for hydroxylation is 2. The zero-order valence-electron chi connectivity index (χ0n) is 10.7. The molecule has 0 bridgehead atoms. The highest BCUT2D eigenvalue weighted by Gasteiger charge is 2.13. The maximum Gasteiger partial charge on any atom is 0.121 e. The van der Waals surface area contributed by atoms with E-state index in [1.807, 2.05) is 37.3 Å². The third-order valence-electron chi connectivity index (χ3n) is 3.04. The second kappa shape index (κ2) is 5.59. The minimum Gasteiger partial charge on any atom is -0.464 e. The van der Waals surface area contributed by atoms with Crippen LogP contribution in [0.4, 0.5) is 0 Å². The molecule has 0 fully saturated rings. The average Bonchev–Trinajstić information content (AvgIpc) is 2.81. The van der Waals surface area contributed by atoms with E-state index >= 15 is 0 Å². The van der Waals surface area contributed by atoms with Crippen LogP contribution in [0.3, 0.4) is 0 Å². The summed E-state index contributed by atoms with van der Waals surface area (Å²) < 4.78 is 5.66. The van der Waals surface area contributed by atoms with Gasteiger partial charge < -0.3 is 10.2 Å². The Balaban J connectivity index is 2.13. The van der Waals surface area contributed by atoms with Crippen molar-refractivity contribution in [2.24, 2.45) is 5.73 Å². The molecule has 18 heavy (non-hydrogen) atoms. The SMILES string of the molecule is CCc1ccc(C(N)Cc2ccc(C)cc2Cl)o1. The van der Waals surface area contributed by atoms with Gasteiger partial charge in [0.25, 0.3) is 0 Å². The Morgan fingerprint density at radius 1 is 1.28 bits per heavy atom. The molecule has 1 atom stereocenters. The van der Waals surface area contributed by atoms with Crippen LogP contribution >= 0.6 is 11.6 Å². The first-order valence-corrected chi connectivity index (χ1v) is 6.57. The molecule has 96 valence electrons. The summed E-state index contributed by atoms with van der Waals surface area (Å²) in [5, 5.41) is 0.771. The lowest BCUT2D eigenvalue weighted by Gasteiger charge is -2.11. The molecule has 0 aliphatic heterocycles. The number of halogens is 1. The molecule has 2 nitrogen and oxygen atoms in total. The van der Waals surface area contributed by atoms with Crippen LogP contribution in [-0.4, -0.2) is 0 Å². The first kappa shape index (κ1) is 13.2. The highest BCUT2D eigenvalue weighted by Crippen LogP contribution is 2.24.